The van der Waals surface area contributed by atoms with Gasteiger partial charge in [-0.25, -0.2) is 13.1 Å². The van der Waals surface area contributed by atoms with Gasteiger partial charge in [-0.15, -0.1) is 13.2 Å². The molecular weight excluding hydrogens is 319 g/mol. The molecule has 0 aliphatic heterocycles. The molecular formula is C14H18F3NO3S. The molecule has 1 aliphatic rings. The minimum absolute atomic E-state index is 0.244. The molecule has 0 aromatic heterocycles. The van der Waals surface area contributed by atoms with Crippen LogP contribution < -0.4 is 9.46 Å². The summed E-state index contributed by atoms with van der Waals surface area (Å²) in [5.41, 5.74) is 0. The number of alkyl halides is 3. The van der Waals surface area contributed by atoms with Gasteiger partial charge >= 0.3 is 6.36 Å². The largest absolute Gasteiger partial charge is 0.573 e. The Hall–Kier alpha value is -1.28. The van der Waals surface area contributed by atoms with Crippen LogP contribution in [-0.4, -0.2) is 20.8 Å². The first-order valence-electron chi connectivity index (χ1n) is 7.15. The van der Waals surface area contributed by atoms with E-state index in [1.54, 1.807) is 0 Å². The smallest absolute Gasteiger partial charge is 0.404 e. The number of benzene rings is 1. The van der Waals surface area contributed by atoms with Gasteiger partial charge in [-0.05, 0) is 25.0 Å². The normalized spacial score (nSPS) is 18.0. The monoisotopic (exact) mass is 337 g/mol. The maximum Gasteiger partial charge on any atom is 0.573 e. The Morgan fingerprint density at radius 3 is 2.23 bits per heavy atom. The molecule has 0 spiro atoms. The fourth-order valence-corrected chi connectivity index (χ4v) is 4.00. The van der Waals surface area contributed by atoms with Crippen molar-refractivity contribution in [3.8, 4) is 5.75 Å². The van der Waals surface area contributed by atoms with Gasteiger partial charge in [0, 0.05) is 6.04 Å². The molecule has 2 rings (SSSR count). The Bertz CT molecular complexity index is 594. The Labute approximate surface area is 127 Å². The van der Waals surface area contributed by atoms with Crippen LogP contribution in [0.1, 0.15) is 38.5 Å². The molecule has 1 aromatic rings. The van der Waals surface area contributed by atoms with Crippen molar-refractivity contribution in [1.82, 2.24) is 4.72 Å². The highest BCUT2D eigenvalue weighted by atomic mass is 32.2. The maximum atomic E-state index is 12.4. The standard InChI is InChI=1S/C14H18F3NO3S/c15-14(16,17)21-12-9-5-6-10-13(12)22(19,20)18-11-7-3-1-2-4-8-11/h5-6,9-11,18H,1-4,7-8H2. The summed E-state index contributed by atoms with van der Waals surface area (Å²) in [5.74, 6) is -0.712. The number of hydrogen-bond acceptors (Lipinski definition) is 3. The second-order valence-electron chi connectivity index (χ2n) is 5.30. The highest BCUT2D eigenvalue weighted by Crippen LogP contribution is 2.30. The van der Waals surface area contributed by atoms with Crippen molar-refractivity contribution in [2.24, 2.45) is 0 Å². The van der Waals surface area contributed by atoms with Gasteiger partial charge in [0.2, 0.25) is 10.0 Å². The van der Waals surface area contributed by atoms with Gasteiger partial charge in [-0.2, -0.15) is 0 Å². The first-order valence-corrected chi connectivity index (χ1v) is 8.63. The van der Waals surface area contributed by atoms with E-state index in [2.05, 4.69) is 9.46 Å². The molecule has 0 saturated heterocycles. The Morgan fingerprint density at radius 2 is 1.64 bits per heavy atom. The van der Waals surface area contributed by atoms with Gasteiger partial charge in [0.1, 0.15) is 10.6 Å². The van der Waals surface area contributed by atoms with Crippen LogP contribution in [0, 0.1) is 0 Å². The van der Waals surface area contributed by atoms with Crippen LogP contribution in [0.2, 0.25) is 0 Å². The van der Waals surface area contributed by atoms with Crippen LogP contribution in [-0.2, 0) is 10.0 Å². The Kier molecular flexibility index (Phi) is 5.33. The zero-order chi connectivity index (χ0) is 16.2. The van der Waals surface area contributed by atoms with E-state index in [1.165, 1.54) is 12.1 Å². The topological polar surface area (TPSA) is 55.4 Å². The fraction of sp³-hybridized carbons (Fsp3) is 0.571. The van der Waals surface area contributed by atoms with E-state index in [-0.39, 0.29) is 6.04 Å². The van der Waals surface area contributed by atoms with Gasteiger partial charge in [-0.1, -0.05) is 37.8 Å². The number of hydrogen-bond donors (Lipinski definition) is 1. The number of nitrogens with one attached hydrogen (secondary N) is 1. The third kappa shape index (κ3) is 4.88. The summed E-state index contributed by atoms with van der Waals surface area (Å²) in [7, 11) is -4.05. The van der Waals surface area contributed by atoms with Crippen molar-refractivity contribution in [1.29, 1.82) is 0 Å². The highest BCUT2D eigenvalue weighted by Gasteiger charge is 2.34. The second kappa shape index (κ2) is 6.87. The van der Waals surface area contributed by atoms with Crippen LogP contribution in [0.4, 0.5) is 13.2 Å². The summed E-state index contributed by atoms with van der Waals surface area (Å²) < 4.78 is 68.2. The highest BCUT2D eigenvalue weighted by molar-refractivity contribution is 7.89. The van der Waals surface area contributed by atoms with Crippen molar-refractivity contribution in [3.63, 3.8) is 0 Å². The molecule has 0 heterocycles. The zero-order valence-electron chi connectivity index (χ0n) is 11.9. The lowest BCUT2D eigenvalue weighted by atomic mass is 10.1. The van der Waals surface area contributed by atoms with Crippen molar-refractivity contribution < 1.29 is 26.3 Å². The Balaban J connectivity index is 2.21. The number of sulfonamides is 1. The van der Waals surface area contributed by atoms with Gasteiger partial charge in [-0.3, -0.25) is 0 Å². The molecule has 0 unspecified atom stereocenters. The summed E-state index contributed by atoms with van der Waals surface area (Å²) in [6, 6.07) is 4.53. The predicted octanol–water partition coefficient (Wildman–Crippen LogP) is 3.59. The van der Waals surface area contributed by atoms with E-state index in [4.69, 9.17) is 0 Å². The average Bonchev–Trinajstić information content (AvgIpc) is 2.65. The molecule has 0 bridgehead atoms. The fourth-order valence-electron chi connectivity index (χ4n) is 2.56. The molecule has 4 nitrogen and oxygen atoms in total. The molecule has 1 N–H and O–H groups in total. The third-order valence-electron chi connectivity index (χ3n) is 3.54. The number of ether oxygens (including phenoxy) is 1. The van der Waals surface area contributed by atoms with E-state index >= 15 is 0 Å². The van der Waals surface area contributed by atoms with Crippen molar-refractivity contribution in [2.45, 2.75) is 55.8 Å². The third-order valence-corrected chi connectivity index (χ3v) is 5.10. The van der Waals surface area contributed by atoms with E-state index in [0.29, 0.717) is 12.8 Å². The lowest BCUT2D eigenvalue weighted by Gasteiger charge is -2.18. The summed E-state index contributed by atoms with van der Waals surface area (Å²) in [6.07, 6.45) is 0.372. The molecule has 0 amide bonds. The molecule has 0 atom stereocenters. The molecule has 1 saturated carbocycles. The van der Waals surface area contributed by atoms with Gasteiger partial charge in [0.05, 0.1) is 0 Å². The van der Waals surface area contributed by atoms with E-state index < -0.39 is 27.0 Å². The molecule has 1 aromatic carbocycles. The van der Waals surface area contributed by atoms with Crippen LogP contribution in [0.25, 0.3) is 0 Å². The Morgan fingerprint density at radius 1 is 1.05 bits per heavy atom. The van der Waals surface area contributed by atoms with Crippen molar-refractivity contribution in [2.75, 3.05) is 0 Å². The minimum atomic E-state index is -4.94. The summed E-state index contributed by atoms with van der Waals surface area (Å²) in [5, 5.41) is 0. The van der Waals surface area contributed by atoms with Gasteiger partial charge in [0.15, 0.2) is 0 Å². The van der Waals surface area contributed by atoms with Gasteiger partial charge < -0.3 is 4.74 Å². The zero-order valence-corrected chi connectivity index (χ0v) is 12.7. The van der Waals surface area contributed by atoms with Crippen molar-refractivity contribution in [3.05, 3.63) is 24.3 Å². The van der Waals surface area contributed by atoms with E-state index in [1.807, 2.05) is 0 Å². The lowest BCUT2D eigenvalue weighted by Crippen LogP contribution is -2.35. The van der Waals surface area contributed by atoms with E-state index in [9.17, 15) is 21.6 Å². The number of rotatable bonds is 4. The summed E-state index contributed by atoms with van der Waals surface area (Å²) >= 11 is 0. The van der Waals surface area contributed by atoms with Crippen LogP contribution >= 0.6 is 0 Å². The van der Waals surface area contributed by atoms with Gasteiger partial charge in [0.25, 0.3) is 0 Å². The molecule has 0 radical (unpaired) electrons. The van der Waals surface area contributed by atoms with Crippen LogP contribution in [0.15, 0.2) is 29.2 Å². The quantitative estimate of drug-likeness (QED) is 0.854. The number of para-hydroxylation sites is 1. The summed E-state index contributed by atoms with van der Waals surface area (Å²) in [4.78, 5) is -0.489. The van der Waals surface area contributed by atoms with E-state index in [0.717, 1.165) is 37.8 Å². The maximum absolute atomic E-state index is 12.4. The second-order valence-corrected chi connectivity index (χ2v) is 6.99. The minimum Gasteiger partial charge on any atom is -0.404 e. The first kappa shape index (κ1) is 17.1. The van der Waals surface area contributed by atoms with Crippen LogP contribution in [0.3, 0.4) is 0 Å². The predicted molar refractivity (Wildman–Crippen MR) is 74.9 cm³/mol. The molecule has 1 aliphatic carbocycles. The lowest BCUT2D eigenvalue weighted by molar-refractivity contribution is -0.275. The number of halogens is 3. The summed E-state index contributed by atoms with van der Waals surface area (Å²) in [6.45, 7) is 0. The molecule has 8 heteroatoms. The molecule has 124 valence electrons. The van der Waals surface area contributed by atoms with Crippen LogP contribution in [0.5, 0.6) is 5.75 Å². The molecule has 22 heavy (non-hydrogen) atoms. The first-order chi connectivity index (χ1) is 10.3. The molecule has 1 fully saturated rings. The van der Waals surface area contributed by atoms with Crippen molar-refractivity contribution >= 4 is 10.0 Å². The average molecular weight is 337 g/mol. The SMILES string of the molecule is O=S(=O)(NC1CCCCCC1)c1ccccc1OC(F)(F)F.